The van der Waals surface area contributed by atoms with Crippen molar-refractivity contribution in [1.29, 1.82) is 0 Å². The highest BCUT2D eigenvalue weighted by molar-refractivity contribution is 5.85. The third-order valence-corrected chi connectivity index (χ3v) is 8.39. The van der Waals surface area contributed by atoms with Gasteiger partial charge in [-0.25, -0.2) is 0 Å². The standard InChI is InChI=1S/C39H70O9/c1-5-9-11-17-25-34(23-7-3)47-38(43)29-21-15-13-19-27-36(41)45-31-33(40)32-46-37(42)28-20-14-16-22-30-39(44)48-35(24-8-4)26-18-12-10-6-2/h34-35H,5-32H2,1-4H3. The quantitative estimate of drug-likeness (QED) is 0.0371. The van der Waals surface area contributed by atoms with E-state index >= 15 is 0 Å². The molecule has 0 aromatic heterocycles. The summed E-state index contributed by atoms with van der Waals surface area (Å²) < 4.78 is 21.4. The van der Waals surface area contributed by atoms with Crippen molar-refractivity contribution < 1.29 is 42.9 Å². The van der Waals surface area contributed by atoms with E-state index in [1.165, 1.54) is 38.5 Å². The van der Waals surface area contributed by atoms with Gasteiger partial charge in [0.25, 0.3) is 0 Å². The van der Waals surface area contributed by atoms with Crippen molar-refractivity contribution in [1.82, 2.24) is 0 Å². The second-order valence-corrected chi connectivity index (χ2v) is 13.2. The number of hydrogen-bond donors (Lipinski definition) is 0. The van der Waals surface area contributed by atoms with Gasteiger partial charge in [0, 0.05) is 25.7 Å². The zero-order valence-corrected chi connectivity index (χ0v) is 31.1. The average molecular weight is 683 g/mol. The third kappa shape index (κ3) is 29.7. The van der Waals surface area contributed by atoms with Crippen molar-refractivity contribution in [3.05, 3.63) is 0 Å². The number of ether oxygens (including phenoxy) is 4. The summed E-state index contributed by atoms with van der Waals surface area (Å²) in [5.74, 6) is -1.67. The van der Waals surface area contributed by atoms with Gasteiger partial charge < -0.3 is 18.9 Å². The molecule has 0 aromatic rings. The van der Waals surface area contributed by atoms with Gasteiger partial charge in [-0.05, 0) is 64.2 Å². The molecule has 280 valence electrons. The first kappa shape index (κ1) is 45.6. The number of ketones is 1. The molecule has 0 aliphatic carbocycles. The Morgan fingerprint density at radius 2 is 0.708 bits per heavy atom. The highest BCUT2D eigenvalue weighted by Gasteiger charge is 2.15. The highest BCUT2D eigenvalue weighted by Crippen LogP contribution is 2.17. The molecule has 0 rings (SSSR count). The minimum Gasteiger partial charge on any atom is -0.462 e. The Morgan fingerprint density at radius 3 is 1.04 bits per heavy atom. The van der Waals surface area contributed by atoms with Gasteiger partial charge in [-0.15, -0.1) is 0 Å². The third-order valence-electron chi connectivity index (χ3n) is 8.39. The van der Waals surface area contributed by atoms with Gasteiger partial charge in [0.2, 0.25) is 5.78 Å². The smallest absolute Gasteiger partial charge is 0.306 e. The van der Waals surface area contributed by atoms with Crippen molar-refractivity contribution in [3.8, 4) is 0 Å². The number of rotatable bonds is 34. The lowest BCUT2D eigenvalue weighted by molar-refractivity contribution is -0.153. The summed E-state index contributed by atoms with van der Waals surface area (Å²) in [7, 11) is 0. The molecule has 9 nitrogen and oxygen atoms in total. The SMILES string of the molecule is CCCCCCC(CCC)OC(=O)CCCCCCC(=O)OCC(=O)COC(=O)CCCCCCC(=O)OC(CCC)CCCCCC. The molecule has 2 unspecified atom stereocenters. The van der Waals surface area contributed by atoms with E-state index in [1.807, 2.05) is 0 Å². The van der Waals surface area contributed by atoms with Crippen molar-refractivity contribution in [2.45, 2.75) is 207 Å². The first-order valence-corrected chi connectivity index (χ1v) is 19.5. The maximum absolute atomic E-state index is 12.2. The summed E-state index contributed by atoms with van der Waals surface area (Å²) in [4.78, 5) is 60.3. The number of unbranched alkanes of at least 4 members (excludes halogenated alkanes) is 12. The van der Waals surface area contributed by atoms with E-state index in [2.05, 4.69) is 27.7 Å². The van der Waals surface area contributed by atoms with E-state index in [9.17, 15) is 24.0 Å². The fourth-order valence-electron chi connectivity index (χ4n) is 5.55. The Labute approximate surface area is 292 Å². The summed E-state index contributed by atoms with van der Waals surface area (Å²) in [5, 5.41) is 0. The summed E-state index contributed by atoms with van der Waals surface area (Å²) in [6.45, 7) is 7.76. The van der Waals surface area contributed by atoms with E-state index in [1.54, 1.807) is 0 Å². The number of carbonyl (C=O) groups is 5. The van der Waals surface area contributed by atoms with Crippen molar-refractivity contribution in [3.63, 3.8) is 0 Å². The molecule has 0 radical (unpaired) electrons. The Balaban J connectivity index is 3.83. The number of Topliss-reactive ketones (excluding diaryl/α,β-unsaturated/α-hetero) is 1. The van der Waals surface area contributed by atoms with Gasteiger partial charge in [0.15, 0.2) is 13.2 Å². The minimum atomic E-state index is -0.466. The van der Waals surface area contributed by atoms with Crippen molar-refractivity contribution in [2.75, 3.05) is 13.2 Å². The summed E-state index contributed by atoms with van der Waals surface area (Å²) >= 11 is 0. The van der Waals surface area contributed by atoms with Gasteiger partial charge in [-0.1, -0.05) is 105 Å². The van der Waals surface area contributed by atoms with Crippen LogP contribution in [0.1, 0.15) is 195 Å². The number of carbonyl (C=O) groups excluding carboxylic acids is 5. The lowest BCUT2D eigenvalue weighted by atomic mass is 10.1. The van der Waals surface area contributed by atoms with Crippen LogP contribution in [0.15, 0.2) is 0 Å². The van der Waals surface area contributed by atoms with Gasteiger partial charge >= 0.3 is 23.9 Å². The lowest BCUT2D eigenvalue weighted by Gasteiger charge is -2.17. The van der Waals surface area contributed by atoms with Crippen LogP contribution in [-0.4, -0.2) is 55.1 Å². The van der Waals surface area contributed by atoms with E-state index in [0.717, 1.165) is 89.9 Å². The fourth-order valence-corrected chi connectivity index (χ4v) is 5.55. The van der Waals surface area contributed by atoms with Crippen LogP contribution in [0, 0.1) is 0 Å². The molecule has 0 aliphatic heterocycles. The van der Waals surface area contributed by atoms with E-state index in [-0.39, 0.29) is 37.0 Å². The summed E-state index contributed by atoms with van der Waals surface area (Å²) in [5.41, 5.74) is 0. The summed E-state index contributed by atoms with van der Waals surface area (Å²) in [6.07, 6.45) is 22.2. The maximum Gasteiger partial charge on any atom is 0.306 e. The first-order valence-electron chi connectivity index (χ1n) is 19.5. The van der Waals surface area contributed by atoms with Crippen LogP contribution >= 0.6 is 0 Å². The van der Waals surface area contributed by atoms with Crippen molar-refractivity contribution >= 4 is 29.7 Å². The second kappa shape index (κ2) is 33.1. The van der Waals surface area contributed by atoms with E-state index < -0.39 is 30.9 Å². The molecule has 0 aliphatic rings. The Hall–Kier alpha value is -2.45. The van der Waals surface area contributed by atoms with Crippen LogP contribution in [0.4, 0.5) is 0 Å². The Morgan fingerprint density at radius 1 is 0.375 bits per heavy atom. The number of hydrogen-bond acceptors (Lipinski definition) is 9. The van der Waals surface area contributed by atoms with Crippen LogP contribution in [0.2, 0.25) is 0 Å². The molecule has 0 fully saturated rings. The van der Waals surface area contributed by atoms with Crippen LogP contribution in [0.5, 0.6) is 0 Å². The topological polar surface area (TPSA) is 122 Å². The predicted molar refractivity (Wildman–Crippen MR) is 189 cm³/mol. The fraction of sp³-hybridized carbons (Fsp3) is 0.872. The zero-order chi connectivity index (χ0) is 35.7. The van der Waals surface area contributed by atoms with E-state index in [0.29, 0.717) is 25.7 Å². The molecule has 0 N–H and O–H groups in total. The predicted octanol–water partition coefficient (Wildman–Crippen LogP) is 9.69. The molecule has 0 saturated heterocycles. The number of esters is 4. The second-order valence-electron chi connectivity index (χ2n) is 13.2. The monoisotopic (exact) mass is 683 g/mol. The van der Waals surface area contributed by atoms with Crippen molar-refractivity contribution in [2.24, 2.45) is 0 Å². The average Bonchev–Trinajstić information content (AvgIpc) is 3.06. The van der Waals surface area contributed by atoms with Gasteiger partial charge in [-0.3, -0.25) is 24.0 Å². The Kier molecular flexibility index (Phi) is 31.4. The normalized spacial score (nSPS) is 12.2. The van der Waals surface area contributed by atoms with Gasteiger partial charge in [0.05, 0.1) is 0 Å². The first-order chi connectivity index (χ1) is 23.2. The minimum absolute atomic E-state index is 0.0218. The van der Waals surface area contributed by atoms with Gasteiger partial charge in [-0.2, -0.15) is 0 Å². The molecule has 0 aromatic carbocycles. The molecule has 2 atom stereocenters. The molecular weight excluding hydrogens is 612 g/mol. The zero-order valence-electron chi connectivity index (χ0n) is 31.1. The van der Waals surface area contributed by atoms with Gasteiger partial charge in [0.1, 0.15) is 12.2 Å². The molecule has 48 heavy (non-hydrogen) atoms. The van der Waals surface area contributed by atoms with Crippen LogP contribution < -0.4 is 0 Å². The Bertz CT molecular complexity index is 775. The molecular formula is C39H70O9. The molecule has 0 saturated carbocycles. The van der Waals surface area contributed by atoms with Crippen LogP contribution in [-0.2, 0) is 42.9 Å². The molecule has 0 heterocycles. The molecule has 0 spiro atoms. The molecule has 9 heteroatoms. The summed E-state index contributed by atoms with van der Waals surface area (Å²) in [6, 6.07) is 0. The highest BCUT2D eigenvalue weighted by atomic mass is 16.6. The molecule has 0 amide bonds. The molecule has 0 bridgehead atoms. The largest absolute Gasteiger partial charge is 0.462 e. The van der Waals surface area contributed by atoms with Crippen LogP contribution in [0.25, 0.3) is 0 Å². The lowest BCUT2D eigenvalue weighted by Crippen LogP contribution is -2.20. The van der Waals surface area contributed by atoms with Crippen LogP contribution in [0.3, 0.4) is 0 Å². The maximum atomic E-state index is 12.2. The van der Waals surface area contributed by atoms with E-state index in [4.69, 9.17) is 18.9 Å².